The molecule has 2 N–H and O–H groups in total. The van der Waals surface area contributed by atoms with Crippen LogP contribution in [0.1, 0.15) is 61.3 Å². The number of nitrogens with one attached hydrogen (secondary N) is 2. The van der Waals surface area contributed by atoms with Crippen molar-refractivity contribution in [3.8, 4) is 0 Å². The van der Waals surface area contributed by atoms with Crippen LogP contribution in [0.3, 0.4) is 0 Å². The molecule has 1 aromatic rings. The van der Waals surface area contributed by atoms with Gasteiger partial charge in [-0.25, -0.2) is 0 Å². The van der Waals surface area contributed by atoms with Crippen LogP contribution >= 0.6 is 11.8 Å². The second-order valence-electron chi connectivity index (χ2n) is 7.73. The number of amides is 3. The maximum atomic E-state index is 13.0. The molecule has 2 aliphatic heterocycles. The first-order chi connectivity index (χ1) is 13.5. The lowest BCUT2D eigenvalue weighted by Gasteiger charge is -2.27. The molecule has 1 fully saturated rings. The van der Waals surface area contributed by atoms with Crippen LogP contribution in [0.5, 0.6) is 0 Å². The summed E-state index contributed by atoms with van der Waals surface area (Å²) in [5, 5.41) is 5.71. The topological polar surface area (TPSA) is 78.5 Å². The molecule has 0 bridgehead atoms. The van der Waals surface area contributed by atoms with Gasteiger partial charge in [-0.15, -0.1) is 11.8 Å². The lowest BCUT2D eigenvalue weighted by molar-refractivity contribution is -0.131. The molecule has 0 unspecified atom stereocenters. The van der Waals surface area contributed by atoms with Gasteiger partial charge in [-0.1, -0.05) is 51.8 Å². The normalized spacial score (nSPS) is 21.4. The Kier molecular flexibility index (Phi) is 6.65. The van der Waals surface area contributed by atoms with E-state index in [1.807, 2.05) is 38.1 Å². The minimum atomic E-state index is -0.599. The molecule has 0 spiro atoms. The molecule has 152 valence electrons. The Morgan fingerprint density at radius 3 is 2.71 bits per heavy atom. The Labute approximate surface area is 170 Å². The van der Waals surface area contributed by atoms with Crippen molar-refractivity contribution in [3.05, 3.63) is 35.4 Å². The first kappa shape index (κ1) is 20.7. The zero-order chi connectivity index (χ0) is 20.3. The summed E-state index contributed by atoms with van der Waals surface area (Å²) in [6, 6.07) is 6.37. The molecule has 7 heteroatoms. The van der Waals surface area contributed by atoms with Crippen LogP contribution < -0.4 is 10.6 Å². The molecule has 28 heavy (non-hydrogen) atoms. The Morgan fingerprint density at radius 1 is 1.25 bits per heavy atom. The van der Waals surface area contributed by atoms with E-state index in [2.05, 4.69) is 17.6 Å². The number of benzene rings is 1. The number of hydrogen-bond acceptors (Lipinski definition) is 4. The first-order valence-electron chi connectivity index (χ1n) is 10.1. The van der Waals surface area contributed by atoms with Crippen molar-refractivity contribution in [2.75, 3.05) is 12.3 Å². The summed E-state index contributed by atoms with van der Waals surface area (Å²) in [7, 11) is 0. The molecule has 0 saturated carbocycles. The summed E-state index contributed by atoms with van der Waals surface area (Å²) >= 11 is 1.60. The molecule has 2 aliphatic rings. The number of rotatable bonds is 8. The molecule has 3 atom stereocenters. The SMILES string of the molecule is CCCCCNC(=O)[C@@H](NC(=O)[C@@H]1CS[C@@H]2c3ccccc3C(=O)N21)C(C)C. The van der Waals surface area contributed by atoms with Crippen LogP contribution in [-0.4, -0.2) is 47.0 Å². The molecule has 0 aliphatic carbocycles. The summed E-state index contributed by atoms with van der Waals surface area (Å²) < 4.78 is 0. The average molecular weight is 404 g/mol. The maximum absolute atomic E-state index is 13.0. The van der Waals surface area contributed by atoms with E-state index >= 15 is 0 Å². The fourth-order valence-electron chi connectivity index (χ4n) is 3.72. The van der Waals surface area contributed by atoms with Gasteiger partial charge < -0.3 is 15.5 Å². The third-order valence-corrected chi connectivity index (χ3v) is 6.63. The largest absolute Gasteiger partial charge is 0.354 e. The van der Waals surface area contributed by atoms with Gasteiger partial charge >= 0.3 is 0 Å². The van der Waals surface area contributed by atoms with Crippen molar-refractivity contribution in [1.29, 1.82) is 0 Å². The van der Waals surface area contributed by atoms with E-state index in [0.29, 0.717) is 17.9 Å². The van der Waals surface area contributed by atoms with Crippen LogP contribution in [0.15, 0.2) is 24.3 Å². The molecule has 3 rings (SSSR count). The van der Waals surface area contributed by atoms with Gasteiger partial charge in [0.1, 0.15) is 17.5 Å². The Bertz CT molecular complexity index is 752. The number of thioether (sulfide) groups is 1. The van der Waals surface area contributed by atoms with E-state index in [0.717, 1.165) is 24.8 Å². The highest BCUT2D eigenvalue weighted by atomic mass is 32.2. The van der Waals surface area contributed by atoms with Gasteiger partial charge in [-0.05, 0) is 24.0 Å². The molecule has 1 aromatic carbocycles. The number of carbonyl (C=O) groups excluding carboxylic acids is 3. The standard InChI is InChI=1S/C21H29N3O3S/c1-4-5-8-11-22-19(26)17(13(2)3)23-18(25)16-12-28-21-15-10-7-6-9-14(15)20(27)24(16)21/h6-7,9-10,13,16-17,21H,4-5,8,11-12H2,1-3H3,(H,22,26)(H,23,25)/t16-,17-,21+/m0/s1. The number of carbonyl (C=O) groups is 3. The molecular formula is C21H29N3O3S. The smallest absolute Gasteiger partial charge is 0.256 e. The zero-order valence-corrected chi connectivity index (χ0v) is 17.6. The van der Waals surface area contributed by atoms with E-state index in [-0.39, 0.29) is 29.0 Å². The van der Waals surface area contributed by atoms with Crippen LogP contribution in [0.25, 0.3) is 0 Å². The van der Waals surface area contributed by atoms with Crippen LogP contribution in [0.4, 0.5) is 0 Å². The fraction of sp³-hybridized carbons (Fsp3) is 0.571. The van der Waals surface area contributed by atoms with Gasteiger partial charge in [-0.3, -0.25) is 14.4 Å². The summed E-state index contributed by atoms with van der Waals surface area (Å²) in [5.41, 5.74) is 1.65. The Morgan fingerprint density at radius 2 is 2.00 bits per heavy atom. The lowest BCUT2D eigenvalue weighted by atomic mass is 10.0. The van der Waals surface area contributed by atoms with Crippen molar-refractivity contribution in [2.45, 2.75) is 57.5 Å². The van der Waals surface area contributed by atoms with Gasteiger partial charge in [-0.2, -0.15) is 0 Å². The van der Waals surface area contributed by atoms with E-state index in [4.69, 9.17) is 0 Å². The van der Waals surface area contributed by atoms with Crippen molar-refractivity contribution in [3.63, 3.8) is 0 Å². The third-order valence-electron chi connectivity index (χ3n) is 5.32. The van der Waals surface area contributed by atoms with E-state index < -0.39 is 12.1 Å². The molecule has 1 saturated heterocycles. The van der Waals surface area contributed by atoms with Crippen LogP contribution in [0.2, 0.25) is 0 Å². The number of unbranched alkanes of at least 4 members (excludes halogenated alkanes) is 2. The van der Waals surface area contributed by atoms with Gasteiger partial charge in [0.2, 0.25) is 11.8 Å². The Balaban J connectivity index is 1.65. The zero-order valence-electron chi connectivity index (χ0n) is 16.7. The summed E-state index contributed by atoms with van der Waals surface area (Å²) in [6.07, 6.45) is 3.09. The van der Waals surface area contributed by atoms with E-state index in [1.54, 1.807) is 16.7 Å². The van der Waals surface area contributed by atoms with Crippen molar-refractivity contribution >= 4 is 29.5 Å². The first-order valence-corrected chi connectivity index (χ1v) is 11.1. The Hall–Kier alpha value is -2.02. The van der Waals surface area contributed by atoms with Gasteiger partial charge in [0.05, 0.1) is 0 Å². The molecule has 6 nitrogen and oxygen atoms in total. The average Bonchev–Trinajstić information content (AvgIpc) is 3.23. The van der Waals surface area contributed by atoms with E-state index in [1.165, 1.54) is 0 Å². The number of hydrogen-bond donors (Lipinski definition) is 2. The summed E-state index contributed by atoms with van der Waals surface area (Å²) in [4.78, 5) is 40.0. The maximum Gasteiger partial charge on any atom is 0.256 e. The minimum absolute atomic E-state index is 0.0357. The molecule has 3 amide bonds. The van der Waals surface area contributed by atoms with Gasteiger partial charge in [0, 0.05) is 17.9 Å². The van der Waals surface area contributed by atoms with Crippen LogP contribution in [0, 0.1) is 5.92 Å². The number of nitrogens with zero attached hydrogens (tertiary/aromatic N) is 1. The number of fused-ring (bicyclic) bond motifs is 3. The molecule has 0 radical (unpaired) electrons. The van der Waals surface area contributed by atoms with Gasteiger partial charge in [0.25, 0.3) is 5.91 Å². The predicted molar refractivity (Wildman–Crippen MR) is 111 cm³/mol. The highest BCUT2D eigenvalue weighted by Crippen LogP contribution is 2.48. The lowest BCUT2D eigenvalue weighted by Crippen LogP contribution is -2.55. The van der Waals surface area contributed by atoms with Crippen molar-refractivity contribution < 1.29 is 14.4 Å². The quantitative estimate of drug-likeness (QED) is 0.654. The highest BCUT2D eigenvalue weighted by molar-refractivity contribution is 7.99. The summed E-state index contributed by atoms with van der Waals surface area (Å²) in [6.45, 7) is 6.57. The second kappa shape index (κ2) is 8.99. The molecule has 2 heterocycles. The third kappa shape index (κ3) is 4.04. The van der Waals surface area contributed by atoms with Crippen LogP contribution in [-0.2, 0) is 9.59 Å². The monoisotopic (exact) mass is 403 g/mol. The second-order valence-corrected chi connectivity index (χ2v) is 8.84. The van der Waals surface area contributed by atoms with Crippen molar-refractivity contribution in [2.24, 2.45) is 5.92 Å². The minimum Gasteiger partial charge on any atom is -0.354 e. The van der Waals surface area contributed by atoms with E-state index in [9.17, 15) is 14.4 Å². The predicted octanol–water partition coefficient (Wildman–Crippen LogP) is 2.70. The summed E-state index contributed by atoms with van der Waals surface area (Å²) in [5.74, 6) is -0.00181. The fourth-order valence-corrected chi connectivity index (χ4v) is 5.19. The highest BCUT2D eigenvalue weighted by Gasteiger charge is 2.48. The van der Waals surface area contributed by atoms with Crippen molar-refractivity contribution in [1.82, 2.24) is 15.5 Å². The molecular weight excluding hydrogens is 374 g/mol. The molecule has 0 aromatic heterocycles. The van der Waals surface area contributed by atoms with Gasteiger partial charge in [0.15, 0.2) is 0 Å².